The summed E-state index contributed by atoms with van der Waals surface area (Å²) in [7, 11) is 0. The molecule has 0 unspecified atom stereocenters. The summed E-state index contributed by atoms with van der Waals surface area (Å²) in [5, 5.41) is 0. The van der Waals surface area contributed by atoms with Crippen LogP contribution in [0.5, 0.6) is 0 Å². The summed E-state index contributed by atoms with van der Waals surface area (Å²) < 4.78 is 5.17. The molecule has 7 heavy (non-hydrogen) atoms. The van der Waals surface area contributed by atoms with Crippen molar-refractivity contribution < 1.29 is 4.74 Å². The average molecular weight is 99.2 g/mol. The second-order valence-corrected chi connectivity index (χ2v) is 1.99. The van der Waals surface area contributed by atoms with E-state index < -0.39 is 0 Å². The summed E-state index contributed by atoms with van der Waals surface area (Å²) in [6.07, 6.45) is 3.97. The zero-order valence-electron chi connectivity index (χ0n) is 4.52. The van der Waals surface area contributed by atoms with Gasteiger partial charge in [0.1, 0.15) is 0 Å². The Morgan fingerprint density at radius 2 is 2.29 bits per heavy atom. The van der Waals surface area contributed by atoms with Gasteiger partial charge in [0, 0.05) is 6.61 Å². The summed E-state index contributed by atoms with van der Waals surface area (Å²) in [4.78, 5) is 0. The summed E-state index contributed by atoms with van der Waals surface area (Å²) in [6.45, 7) is 4.70. The fraction of sp³-hybridized carbons (Fsp3) is 0.833. The Morgan fingerprint density at radius 1 is 1.43 bits per heavy atom. The highest BCUT2D eigenvalue weighted by atomic mass is 16.5. The van der Waals surface area contributed by atoms with Crippen LogP contribution < -0.4 is 0 Å². The summed E-state index contributed by atoms with van der Waals surface area (Å²) in [5.41, 5.74) is 0. The van der Waals surface area contributed by atoms with Crippen molar-refractivity contribution in [2.45, 2.75) is 25.4 Å². The molecule has 0 bridgehead atoms. The fourth-order valence-electron chi connectivity index (χ4n) is 0.807. The quantitative estimate of drug-likeness (QED) is 0.446. The van der Waals surface area contributed by atoms with Crippen LogP contribution in [-0.2, 0) is 4.74 Å². The van der Waals surface area contributed by atoms with E-state index in [1.807, 2.05) is 0 Å². The van der Waals surface area contributed by atoms with Crippen LogP contribution in [0, 0.1) is 6.92 Å². The van der Waals surface area contributed by atoms with Gasteiger partial charge in [0.25, 0.3) is 0 Å². The largest absolute Gasteiger partial charge is 0.378 e. The fourth-order valence-corrected chi connectivity index (χ4v) is 0.807. The predicted molar refractivity (Wildman–Crippen MR) is 28.9 cm³/mol. The van der Waals surface area contributed by atoms with Crippen LogP contribution in [-0.4, -0.2) is 12.7 Å². The maximum absolute atomic E-state index is 5.17. The van der Waals surface area contributed by atoms with Gasteiger partial charge in [-0.3, -0.25) is 0 Å². The molecule has 0 aromatic rings. The molecule has 0 aliphatic carbocycles. The van der Waals surface area contributed by atoms with Crippen molar-refractivity contribution in [3.8, 4) is 0 Å². The molecular weight excluding hydrogens is 88.1 g/mol. The second kappa shape index (κ2) is 2.31. The van der Waals surface area contributed by atoms with E-state index in [1.54, 1.807) is 0 Å². The lowest BCUT2D eigenvalue weighted by Crippen LogP contribution is -2.14. The van der Waals surface area contributed by atoms with Crippen LogP contribution >= 0.6 is 0 Å². The van der Waals surface area contributed by atoms with Crippen molar-refractivity contribution in [1.82, 2.24) is 0 Å². The molecule has 0 spiro atoms. The third kappa shape index (κ3) is 1.48. The van der Waals surface area contributed by atoms with E-state index in [1.165, 1.54) is 12.8 Å². The van der Waals surface area contributed by atoms with Crippen LogP contribution in [0.15, 0.2) is 0 Å². The number of hydrogen-bond acceptors (Lipinski definition) is 1. The molecule has 1 heterocycles. The molecule has 1 aliphatic heterocycles. The Bertz CT molecular complexity index is 46.1. The third-order valence-electron chi connectivity index (χ3n) is 1.27. The number of rotatable bonds is 0. The summed E-state index contributed by atoms with van der Waals surface area (Å²) in [6, 6.07) is 0. The number of ether oxygens (including phenoxy) is 1. The standard InChI is InChI=1S/C6H11O/c1-6-4-2-3-5-7-6/h6H,1-5H2/t6-/m1/s1. The van der Waals surface area contributed by atoms with Crippen molar-refractivity contribution >= 4 is 0 Å². The van der Waals surface area contributed by atoms with Gasteiger partial charge >= 0.3 is 0 Å². The van der Waals surface area contributed by atoms with Gasteiger partial charge in [0.05, 0.1) is 6.10 Å². The third-order valence-corrected chi connectivity index (χ3v) is 1.27. The van der Waals surface area contributed by atoms with Gasteiger partial charge in [-0.05, 0) is 26.2 Å². The van der Waals surface area contributed by atoms with Crippen molar-refractivity contribution in [3.05, 3.63) is 6.92 Å². The van der Waals surface area contributed by atoms with E-state index in [2.05, 4.69) is 6.92 Å². The van der Waals surface area contributed by atoms with Crippen LogP contribution in [0.3, 0.4) is 0 Å². The zero-order valence-corrected chi connectivity index (χ0v) is 4.52. The van der Waals surface area contributed by atoms with E-state index in [0.717, 1.165) is 13.0 Å². The molecule has 0 aromatic carbocycles. The topological polar surface area (TPSA) is 9.23 Å². The zero-order chi connectivity index (χ0) is 5.11. The van der Waals surface area contributed by atoms with Crippen LogP contribution in [0.1, 0.15) is 19.3 Å². The molecule has 1 fully saturated rings. The SMILES string of the molecule is [CH2][C@@H]1CCCCO1. The molecule has 0 amide bonds. The first-order valence-corrected chi connectivity index (χ1v) is 2.84. The molecule has 1 radical (unpaired) electrons. The molecule has 1 saturated heterocycles. The molecule has 1 heteroatoms. The lowest BCUT2D eigenvalue weighted by molar-refractivity contribution is 0.0448. The average Bonchev–Trinajstić information content (AvgIpc) is 1.69. The van der Waals surface area contributed by atoms with Gasteiger partial charge in [-0.2, -0.15) is 0 Å². The first-order valence-electron chi connectivity index (χ1n) is 2.84. The van der Waals surface area contributed by atoms with E-state index in [-0.39, 0.29) is 6.10 Å². The maximum atomic E-state index is 5.17. The van der Waals surface area contributed by atoms with Gasteiger partial charge in [0.15, 0.2) is 0 Å². The molecule has 0 saturated carbocycles. The molecular formula is C6H11O. The Hall–Kier alpha value is -0.0400. The normalized spacial score (nSPS) is 33.0. The Labute approximate surface area is 44.7 Å². The summed E-state index contributed by atoms with van der Waals surface area (Å²) >= 11 is 0. The Kier molecular flexibility index (Phi) is 1.69. The highest BCUT2D eigenvalue weighted by Gasteiger charge is 2.05. The van der Waals surface area contributed by atoms with Crippen molar-refractivity contribution in [1.29, 1.82) is 0 Å². The minimum Gasteiger partial charge on any atom is -0.378 e. The second-order valence-electron chi connectivity index (χ2n) is 1.99. The van der Waals surface area contributed by atoms with Gasteiger partial charge in [-0.15, -0.1) is 0 Å². The first kappa shape index (κ1) is 5.10. The highest BCUT2D eigenvalue weighted by molar-refractivity contribution is 4.63. The molecule has 1 nitrogen and oxygen atoms in total. The monoisotopic (exact) mass is 99.1 g/mol. The molecule has 1 atom stereocenters. The van der Waals surface area contributed by atoms with Crippen LogP contribution in [0.4, 0.5) is 0 Å². The van der Waals surface area contributed by atoms with Gasteiger partial charge in [-0.1, -0.05) is 0 Å². The lowest BCUT2D eigenvalue weighted by atomic mass is 10.1. The van der Waals surface area contributed by atoms with Gasteiger partial charge in [0.2, 0.25) is 0 Å². The van der Waals surface area contributed by atoms with Crippen molar-refractivity contribution in [2.24, 2.45) is 0 Å². The summed E-state index contributed by atoms with van der Waals surface area (Å²) in [5.74, 6) is 0. The maximum Gasteiger partial charge on any atom is 0.0576 e. The smallest absolute Gasteiger partial charge is 0.0576 e. The van der Waals surface area contributed by atoms with E-state index in [4.69, 9.17) is 4.74 Å². The predicted octanol–water partition coefficient (Wildman–Crippen LogP) is 1.39. The van der Waals surface area contributed by atoms with E-state index >= 15 is 0 Å². The van der Waals surface area contributed by atoms with Crippen LogP contribution in [0.25, 0.3) is 0 Å². The molecule has 0 N–H and O–H groups in total. The van der Waals surface area contributed by atoms with Crippen molar-refractivity contribution in [3.63, 3.8) is 0 Å². The lowest BCUT2D eigenvalue weighted by Gasteiger charge is -2.17. The minimum absolute atomic E-state index is 0.286. The molecule has 41 valence electrons. The van der Waals surface area contributed by atoms with Crippen LogP contribution in [0.2, 0.25) is 0 Å². The molecule has 1 rings (SSSR count). The van der Waals surface area contributed by atoms with Gasteiger partial charge in [-0.25, -0.2) is 0 Å². The molecule has 0 aromatic heterocycles. The van der Waals surface area contributed by atoms with E-state index in [0.29, 0.717) is 0 Å². The highest BCUT2D eigenvalue weighted by Crippen LogP contribution is 2.10. The van der Waals surface area contributed by atoms with E-state index in [9.17, 15) is 0 Å². The molecule has 1 aliphatic rings. The Morgan fingerprint density at radius 3 is 2.57 bits per heavy atom. The Balaban J connectivity index is 2.12. The first-order chi connectivity index (χ1) is 3.39. The number of hydrogen-bond donors (Lipinski definition) is 0. The minimum atomic E-state index is 0.286. The van der Waals surface area contributed by atoms with Crippen molar-refractivity contribution in [2.75, 3.05) is 6.61 Å². The van der Waals surface area contributed by atoms with Gasteiger partial charge < -0.3 is 4.74 Å².